The highest BCUT2D eigenvalue weighted by molar-refractivity contribution is 6.42. The molecule has 36 heavy (non-hydrogen) atoms. The molecule has 13 heteroatoms. The van der Waals surface area contributed by atoms with Crippen LogP contribution in [0.5, 0.6) is 0 Å². The molecule has 0 amide bonds. The summed E-state index contributed by atoms with van der Waals surface area (Å²) < 4.78 is 28.7. The van der Waals surface area contributed by atoms with E-state index in [0.717, 1.165) is 42.2 Å². The maximum absolute atomic E-state index is 13.1. The number of nitrogens with one attached hydrogen (secondary N) is 4. The number of hydrogen-bond donors (Lipinski definition) is 4. The summed E-state index contributed by atoms with van der Waals surface area (Å²) in [5.74, 6) is 0.579. The summed E-state index contributed by atoms with van der Waals surface area (Å²) in [7, 11) is 0. The molecule has 2 aliphatic heterocycles. The molecule has 2 aliphatic rings. The Morgan fingerprint density at radius 3 is 2.56 bits per heavy atom. The van der Waals surface area contributed by atoms with Crippen LogP contribution in [0.1, 0.15) is 18.7 Å². The first-order chi connectivity index (χ1) is 17.5. The van der Waals surface area contributed by atoms with E-state index in [1.165, 1.54) is 12.4 Å². The Balaban J connectivity index is 1.33. The molecule has 4 aromatic rings. The minimum atomic E-state index is -2.72. The van der Waals surface area contributed by atoms with E-state index in [1.807, 2.05) is 10.6 Å². The van der Waals surface area contributed by atoms with Crippen LogP contribution in [0.15, 0.2) is 43.0 Å². The Labute approximate surface area is 214 Å². The second kappa shape index (κ2) is 9.23. The molecule has 9 nitrogen and oxygen atoms in total. The average molecular weight is 532 g/mol. The molecule has 0 spiro atoms. The Kier molecular flexibility index (Phi) is 5.90. The second-order valence-electron chi connectivity index (χ2n) is 8.52. The van der Waals surface area contributed by atoms with Gasteiger partial charge >= 0.3 is 6.55 Å². The van der Waals surface area contributed by atoms with Crippen molar-refractivity contribution in [1.29, 1.82) is 0 Å². The molecule has 0 fully saturated rings. The zero-order valence-electron chi connectivity index (χ0n) is 18.8. The molecule has 186 valence electrons. The van der Waals surface area contributed by atoms with Crippen LogP contribution in [0.3, 0.4) is 0 Å². The minimum Gasteiger partial charge on any atom is -0.363 e. The lowest BCUT2D eigenvalue weighted by Gasteiger charge is -2.18. The molecule has 6 rings (SSSR count). The van der Waals surface area contributed by atoms with E-state index in [9.17, 15) is 8.78 Å². The van der Waals surface area contributed by atoms with Crippen molar-refractivity contribution < 1.29 is 8.78 Å². The van der Waals surface area contributed by atoms with Crippen molar-refractivity contribution in [2.75, 3.05) is 35.6 Å². The Morgan fingerprint density at radius 2 is 1.89 bits per heavy atom. The van der Waals surface area contributed by atoms with Crippen molar-refractivity contribution in [3.05, 3.63) is 58.7 Å². The maximum Gasteiger partial charge on any atom is 0.333 e. The summed E-state index contributed by atoms with van der Waals surface area (Å²) in [5.41, 5.74) is 5.39. The van der Waals surface area contributed by atoms with Gasteiger partial charge in [0.2, 0.25) is 0 Å². The number of imidazole rings is 1. The molecular formula is C23H21Cl2F2N9. The van der Waals surface area contributed by atoms with Crippen LogP contribution in [0.2, 0.25) is 10.0 Å². The highest BCUT2D eigenvalue weighted by Gasteiger charge is 2.23. The van der Waals surface area contributed by atoms with Crippen LogP contribution in [-0.4, -0.2) is 49.9 Å². The van der Waals surface area contributed by atoms with Crippen LogP contribution in [0, 0.1) is 0 Å². The standard InChI is InChI=1S/C23H21Cl2F2N9/c24-14-5-16-17(6-15(14)25)33-20(32-16)9-29-21-22-30-8-19(13-7-31-36(10-13)23(26)27)35(22)11-18(34-21)12-1-3-28-4-2-12/h1,5-8,10-11,20,23,28,32-33H,2-4,9H2,(H,29,34). The number of halogens is 4. The monoisotopic (exact) mass is 531 g/mol. The molecule has 0 saturated carbocycles. The number of benzene rings is 1. The van der Waals surface area contributed by atoms with Gasteiger partial charge < -0.3 is 21.3 Å². The lowest BCUT2D eigenvalue weighted by molar-refractivity contribution is 0.0566. The van der Waals surface area contributed by atoms with Gasteiger partial charge in [0, 0.05) is 24.5 Å². The first kappa shape index (κ1) is 23.0. The normalized spacial score (nSPS) is 15.6. The van der Waals surface area contributed by atoms with Crippen molar-refractivity contribution >= 4 is 51.6 Å². The molecule has 0 aliphatic carbocycles. The van der Waals surface area contributed by atoms with Gasteiger partial charge in [0.25, 0.3) is 0 Å². The van der Waals surface area contributed by atoms with Crippen molar-refractivity contribution in [2.45, 2.75) is 19.1 Å². The van der Waals surface area contributed by atoms with Gasteiger partial charge in [-0.3, -0.25) is 4.40 Å². The quantitative estimate of drug-likeness (QED) is 0.279. The summed E-state index contributed by atoms with van der Waals surface area (Å²) in [6.45, 7) is -0.629. The number of hydrogen-bond acceptors (Lipinski definition) is 7. The third-order valence-electron chi connectivity index (χ3n) is 6.18. The average Bonchev–Trinajstić information content (AvgIpc) is 3.61. The van der Waals surface area contributed by atoms with Gasteiger partial charge in [-0.1, -0.05) is 29.3 Å². The number of alkyl halides is 2. The van der Waals surface area contributed by atoms with E-state index in [4.69, 9.17) is 28.2 Å². The molecule has 5 heterocycles. The number of aromatic nitrogens is 5. The fourth-order valence-corrected chi connectivity index (χ4v) is 4.73. The Bertz CT molecular complexity index is 1450. The predicted octanol–water partition coefficient (Wildman–Crippen LogP) is 4.95. The van der Waals surface area contributed by atoms with Gasteiger partial charge in [0.15, 0.2) is 11.5 Å². The largest absolute Gasteiger partial charge is 0.363 e. The first-order valence-electron chi connectivity index (χ1n) is 11.3. The first-order valence-corrected chi connectivity index (χ1v) is 12.1. The molecule has 0 radical (unpaired) electrons. The molecule has 0 bridgehead atoms. The topological polar surface area (TPSA) is 96.1 Å². The minimum absolute atomic E-state index is 0.142. The van der Waals surface area contributed by atoms with Gasteiger partial charge in [0.1, 0.15) is 6.17 Å². The number of anilines is 3. The molecule has 4 N–H and O–H groups in total. The summed E-state index contributed by atoms with van der Waals surface area (Å²) >= 11 is 12.3. The van der Waals surface area contributed by atoms with Gasteiger partial charge in [-0.05, 0) is 30.7 Å². The zero-order chi connectivity index (χ0) is 24.8. The van der Waals surface area contributed by atoms with Gasteiger partial charge in [-0.2, -0.15) is 13.9 Å². The van der Waals surface area contributed by atoms with Gasteiger partial charge in [0.05, 0.1) is 51.7 Å². The van der Waals surface area contributed by atoms with E-state index in [1.54, 1.807) is 18.3 Å². The van der Waals surface area contributed by atoms with Crippen molar-refractivity contribution in [3.8, 4) is 11.3 Å². The fourth-order valence-electron chi connectivity index (χ4n) is 4.41. The number of fused-ring (bicyclic) bond motifs is 2. The van der Waals surface area contributed by atoms with E-state index >= 15 is 0 Å². The lowest BCUT2D eigenvalue weighted by Crippen LogP contribution is -2.31. The van der Waals surface area contributed by atoms with Crippen molar-refractivity contribution in [2.24, 2.45) is 0 Å². The summed E-state index contributed by atoms with van der Waals surface area (Å²) in [6.07, 6.45) is 9.05. The molecule has 0 saturated heterocycles. The Morgan fingerprint density at radius 1 is 1.11 bits per heavy atom. The highest BCUT2D eigenvalue weighted by Crippen LogP contribution is 2.36. The predicted molar refractivity (Wildman–Crippen MR) is 137 cm³/mol. The molecule has 1 aromatic carbocycles. The van der Waals surface area contributed by atoms with Gasteiger partial charge in [-0.25, -0.2) is 14.6 Å². The molecule has 0 unspecified atom stereocenters. The van der Waals surface area contributed by atoms with E-state index in [0.29, 0.717) is 44.0 Å². The third-order valence-corrected chi connectivity index (χ3v) is 6.90. The van der Waals surface area contributed by atoms with Gasteiger partial charge in [-0.15, -0.1) is 0 Å². The maximum atomic E-state index is 13.1. The molecular weight excluding hydrogens is 511 g/mol. The molecule has 0 atom stereocenters. The van der Waals surface area contributed by atoms with E-state index < -0.39 is 6.55 Å². The molecule has 3 aromatic heterocycles. The summed E-state index contributed by atoms with van der Waals surface area (Å²) in [4.78, 5) is 9.42. The lowest BCUT2D eigenvalue weighted by atomic mass is 10.1. The van der Waals surface area contributed by atoms with Crippen LogP contribution in [0.25, 0.3) is 22.5 Å². The number of rotatable bonds is 6. The van der Waals surface area contributed by atoms with Crippen LogP contribution < -0.4 is 21.3 Å². The summed E-state index contributed by atoms with van der Waals surface area (Å²) in [6, 6.07) is 3.57. The number of nitrogens with zero attached hydrogens (tertiary/aromatic N) is 5. The zero-order valence-corrected chi connectivity index (χ0v) is 20.3. The smallest absolute Gasteiger partial charge is 0.333 e. The van der Waals surface area contributed by atoms with Crippen LogP contribution >= 0.6 is 23.2 Å². The SMILES string of the molecule is FC(F)n1cc(-c2cnc3c(NCC4Nc5cc(Cl)c(Cl)cc5N4)nc(C4=CCNCC4)cn23)cn1. The van der Waals surface area contributed by atoms with Crippen molar-refractivity contribution in [1.82, 2.24) is 29.5 Å². The van der Waals surface area contributed by atoms with Crippen LogP contribution in [-0.2, 0) is 0 Å². The Hall–Kier alpha value is -3.41. The van der Waals surface area contributed by atoms with Crippen molar-refractivity contribution in [3.63, 3.8) is 0 Å². The van der Waals surface area contributed by atoms with Crippen LogP contribution in [0.4, 0.5) is 26.0 Å². The second-order valence-corrected chi connectivity index (χ2v) is 9.33. The third kappa shape index (κ3) is 4.23. The van der Waals surface area contributed by atoms with E-state index in [-0.39, 0.29) is 6.17 Å². The summed E-state index contributed by atoms with van der Waals surface area (Å²) in [5, 5.41) is 18.2. The van der Waals surface area contributed by atoms with E-state index in [2.05, 4.69) is 37.4 Å². The fraction of sp³-hybridized carbons (Fsp3) is 0.261. The highest BCUT2D eigenvalue weighted by atomic mass is 35.5.